The number of hydrogen-bond acceptors (Lipinski definition) is 3. The predicted molar refractivity (Wildman–Crippen MR) is 74.2 cm³/mol. The van der Waals surface area contributed by atoms with Crippen LogP contribution in [0.2, 0.25) is 5.02 Å². The van der Waals surface area contributed by atoms with Gasteiger partial charge in [-0.25, -0.2) is 4.79 Å². The van der Waals surface area contributed by atoms with Crippen molar-refractivity contribution in [3.63, 3.8) is 0 Å². The van der Waals surface area contributed by atoms with E-state index in [1.54, 1.807) is 32.9 Å². The minimum atomic E-state index is -0.536. The zero-order chi connectivity index (χ0) is 14.5. The van der Waals surface area contributed by atoms with Crippen LogP contribution < -0.4 is 5.32 Å². The van der Waals surface area contributed by atoms with E-state index in [1.165, 1.54) is 6.07 Å². The fourth-order valence-electron chi connectivity index (χ4n) is 1.19. The fraction of sp³-hybridized carbons (Fsp3) is 0.357. The van der Waals surface area contributed by atoms with Crippen LogP contribution in [0.1, 0.15) is 26.3 Å². The van der Waals surface area contributed by atoms with E-state index in [1.807, 2.05) is 0 Å². The van der Waals surface area contributed by atoms with Gasteiger partial charge < -0.3 is 15.2 Å². The van der Waals surface area contributed by atoms with E-state index in [0.717, 1.165) is 0 Å². The Hall–Kier alpha value is -1.86. The highest BCUT2D eigenvalue weighted by molar-refractivity contribution is 6.33. The maximum absolute atomic E-state index is 11.3. The second-order valence-electron chi connectivity index (χ2n) is 4.80. The molecule has 2 N–H and O–H groups in total. The molecule has 0 fully saturated rings. The number of phenolic OH excluding ortho intramolecular Hbond substituents is 1. The number of phenols is 1. The molecule has 0 spiro atoms. The smallest absolute Gasteiger partial charge is 0.408 e. The topological polar surface area (TPSA) is 58.6 Å². The van der Waals surface area contributed by atoms with Crippen LogP contribution in [-0.4, -0.2) is 23.3 Å². The summed E-state index contributed by atoms with van der Waals surface area (Å²) in [7, 11) is 0. The van der Waals surface area contributed by atoms with E-state index >= 15 is 0 Å². The van der Waals surface area contributed by atoms with Crippen molar-refractivity contribution in [2.45, 2.75) is 26.4 Å². The molecule has 0 aromatic heterocycles. The standard InChI is InChI=1S/C14H16ClNO3/c1-14(2,3)19-13(18)16-9-5-7-10-6-4-8-11(17)12(10)15/h4,6,8,17H,9H2,1-3H3,(H,16,18). The second kappa shape index (κ2) is 6.35. The van der Waals surface area contributed by atoms with E-state index in [0.29, 0.717) is 5.56 Å². The number of halogens is 1. The molecule has 5 heteroatoms. The molecule has 0 radical (unpaired) electrons. The summed E-state index contributed by atoms with van der Waals surface area (Å²) in [5.74, 6) is 5.47. The van der Waals surface area contributed by atoms with E-state index in [9.17, 15) is 9.90 Å². The van der Waals surface area contributed by atoms with Gasteiger partial charge in [-0.05, 0) is 32.9 Å². The van der Waals surface area contributed by atoms with Crippen molar-refractivity contribution in [3.8, 4) is 17.6 Å². The first-order chi connectivity index (χ1) is 8.79. The van der Waals surface area contributed by atoms with Gasteiger partial charge in [-0.15, -0.1) is 0 Å². The van der Waals surface area contributed by atoms with E-state index < -0.39 is 11.7 Å². The lowest BCUT2D eigenvalue weighted by molar-refractivity contribution is 0.0535. The van der Waals surface area contributed by atoms with Gasteiger partial charge in [-0.3, -0.25) is 0 Å². The lowest BCUT2D eigenvalue weighted by Gasteiger charge is -2.19. The molecule has 0 bridgehead atoms. The number of amides is 1. The summed E-state index contributed by atoms with van der Waals surface area (Å²) in [6.45, 7) is 5.49. The Kier molecular flexibility index (Phi) is 5.08. The molecule has 1 aromatic carbocycles. The van der Waals surface area contributed by atoms with Crippen LogP contribution >= 0.6 is 11.6 Å². The molecule has 102 valence electrons. The summed E-state index contributed by atoms with van der Waals surface area (Å²) in [4.78, 5) is 11.3. The molecule has 0 aliphatic rings. The number of carbonyl (C=O) groups is 1. The van der Waals surface area contributed by atoms with E-state index in [4.69, 9.17) is 16.3 Å². The molecular weight excluding hydrogens is 266 g/mol. The molecule has 4 nitrogen and oxygen atoms in total. The summed E-state index contributed by atoms with van der Waals surface area (Å²) >= 11 is 5.86. The third-order valence-electron chi connectivity index (χ3n) is 1.92. The average molecular weight is 282 g/mol. The Bertz CT molecular complexity index is 524. The summed E-state index contributed by atoms with van der Waals surface area (Å²) in [6.07, 6.45) is -0.524. The molecule has 0 aliphatic heterocycles. The highest BCUT2D eigenvalue weighted by Crippen LogP contribution is 2.25. The van der Waals surface area contributed by atoms with Gasteiger partial charge in [0.1, 0.15) is 11.4 Å². The van der Waals surface area contributed by atoms with Gasteiger partial charge in [0.2, 0.25) is 0 Å². The number of ether oxygens (including phenoxy) is 1. The van der Waals surface area contributed by atoms with Crippen LogP contribution in [0.4, 0.5) is 4.79 Å². The van der Waals surface area contributed by atoms with Crippen molar-refractivity contribution in [1.29, 1.82) is 0 Å². The summed E-state index contributed by atoms with van der Waals surface area (Å²) in [5.41, 5.74) is -0.0286. The zero-order valence-corrected chi connectivity index (χ0v) is 11.8. The molecule has 0 atom stereocenters. The minimum absolute atomic E-state index is 0.0198. The molecule has 1 aromatic rings. The number of alkyl carbamates (subject to hydrolysis) is 1. The minimum Gasteiger partial charge on any atom is -0.506 e. The van der Waals surface area contributed by atoms with Gasteiger partial charge in [-0.1, -0.05) is 29.5 Å². The third kappa shape index (κ3) is 5.54. The molecule has 0 aliphatic carbocycles. The third-order valence-corrected chi connectivity index (χ3v) is 2.32. The molecule has 0 unspecified atom stereocenters. The van der Waals surface area contributed by atoms with Crippen LogP contribution in [0.25, 0.3) is 0 Å². The number of rotatable bonds is 1. The number of aromatic hydroxyl groups is 1. The Morgan fingerprint density at radius 3 is 2.79 bits per heavy atom. The van der Waals surface area contributed by atoms with Crippen LogP contribution in [0.15, 0.2) is 18.2 Å². The Morgan fingerprint density at radius 2 is 2.16 bits per heavy atom. The van der Waals surface area contributed by atoms with Crippen molar-refractivity contribution in [1.82, 2.24) is 5.32 Å². The van der Waals surface area contributed by atoms with Gasteiger partial charge >= 0.3 is 6.09 Å². The Labute approximate surface area is 117 Å². The number of hydrogen-bond donors (Lipinski definition) is 2. The van der Waals surface area contributed by atoms with Crippen LogP contribution in [-0.2, 0) is 4.74 Å². The lowest BCUT2D eigenvalue weighted by Crippen LogP contribution is -2.32. The maximum Gasteiger partial charge on any atom is 0.408 e. The molecule has 0 saturated heterocycles. The molecule has 0 heterocycles. The van der Waals surface area contributed by atoms with Gasteiger partial charge in [-0.2, -0.15) is 0 Å². The first-order valence-corrected chi connectivity index (χ1v) is 6.10. The van der Waals surface area contributed by atoms with Gasteiger partial charge in [0.05, 0.1) is 11.6 Å². The van der Waals surface area contributed by atoms with Crippen molar-refractivity contribution >= 4 is 17.7 Å². The first kappa shape index (κ1) is 15.2. The highest BCUT2D eigenvalue weighted by Gasteiger charge is 2.14. The van der Waals surface area contributed by atoms with E-state index in [2.05, 4.69) is 17.2 Å². The second-order valence-corrected chi connectivity index (χ2v) is 5.17. The Morgan fingerprint density at radius 1 is 1.47 bits per heavy atom. The summed E-state index contributed by atoms with van der Waals surface area (Å²) in [6, 6.07) is 4.81. The van der Waals surface area contributed by atoms with Crippen molar-refractivity contribution in [2.24, 2.45) is 0 Å². The van der Waals surface area contributed by atoms with Crippen LogP contribution in [0.3, 0.4) is 0 Å². The average Bonchev–Trinajstić information content (AvgIpc) is 2.27. The normalized spacial score (nSPS) is 10.3. The molecule has 1 amide bonds. The molecular formula is C14H16ClNO3. The number of nitrogens with one attached hydrogen (secondary N) is 1. The van der Waals surface area contributed by atoms with Gasteiger partial charge in [0.15, 0.2) is 0 Å². The summed E-state index contributed by atoms with van der Waals surface area (Å²) < 4.78 is 5.05. The summed E-state index contributed by atoms with van der Waals surface area (Å²) in [5, 5.41) is 12.1. The molecule has 0 saturated carbocycles. The van der Waals surface area contributed by atoms with E-state index in [-0.39, 0.29) is 17.3 Å². The van der Waals surface area contributed by atoms with Crippen LogP contribution in [0, 0.1) is 11.8 Å². The zero-order valence-electron chi connectivity index (χ0n) is 11.1. The monoisotopic (exact) mass is 281 g/mol. The van der Waals surface area contributed by atoms with Gasteiger partial charge in [0, 0.05) is 5.56 Å². The lowest BCUT2D eigenvalue weighted by atomic mass is 10.2. The molecule has 1 rings (SSSR count). The van der Waals surface area contributed by atoms with Gasteiger partial charge in [0.25, 0.3) is 0 Å². The largest absolute Gasteiger partial charge is 0.506 e. The fourth-order valence-corrected chi connectivity index (χ4v) is 1.36. The molecule has 19 heavy (non-hydrogen) atoms. The maximum atomic E-state index is 11.3. The highest BCUT2D eigenvalue weighted by atomic mass is 35.5. The first-order valence-electron chi connectivity index (χ1n) is 5.73. The van der Waals surface area contributed by atoms with Crippen molar-refractivity contribution in [2.75, 3.05) is 6.54 Å². The number of benzene rings is 1. The quantitative estimate of drug-likeness (QED) is 0.778. The SMILES string of the molecule is CC(C)(C)OC(=O)NCC#Cc1cccc(O)c1Cl. The van der Waals surface area contributed by atoms with Crippen LogP contribution in [0.5, 0.6) is 5.75 Å². The van der Waals surface area contributed by atoms with Crippen molar-refractivity contribution < 1.29 is 14.6 Å². The van der Waals surface area contributed by atoms with Crippen molar-refractivity contribution in [3.05, 3.63) is 28.8 Å². The Balaban J connectivity index is 2.53. The number of carbonyl (C=O) groups excluding carboxylic acids is 1. The predicted octanol–water partition coefficient (Wildman–Crippen LogP) is 2.92.